The molecule has 0 spiro atoms. The maximum atomic E-state index is 12.9. The lowest BCUT2D eigenvalue weighted by atomic mass is 10.0. The molecular weight excluding hydrogens is 309 g/mol. The Morgan fingerprint density at radius 3 is 2.67 bits per heavy atom. The SMILES string of the molecule is C[C@H](CC(=O)c1ccc(F)cc1)NC(=O)c1ccn2ccnc2c1. The number of Topliss-reactive ketones (excluding diaryl/α,β-unsaturated/α-hetero) is 1. The van der Waals surface area contributed by atoms with Crippen LogP contribution in [-0.4, -0.2) is 27.1 Å². The van der Waals surface area contributed by atoms with Gasteiger partial charge in [-0.3, -0.25) is 9.59 Å². The summed E-state index contributed by atoms with van der Waals surface area (Å²) in [6.07, 6.45) is 5.34. The molecule has 0 radical (unpaired) electrons. The number of nitrogens with one attached hydrogen (secondary N) is 1. The molecule has 0 unspecified atom stereocenters. The summed E-state index contributed by atoms with van der Waals surface area (Å²) < 4.78 is 14.7. The molecule has 0 fully saturated rings. The van der Waals surface area contributed by atoms with Gasteiger partial charge < -0.3 is 9.72 Å². The number of carbonyl (C=O) groups is 2. The normalized spacial score (nSPS) is 12.1. The van der Waals surface area contributed by atoms with Crippen molar-refractivity contribution in [1.82, 2.24) is 14.7 Å². The van der Waals surface area contributed by atoms with Crippen LogP contribution in [0.2, 0.25) is 0 Å². The van der Waals surface area contributed by atoms with Crippen LogP contribution in [0.3, 0.4) is 0 Å². The van der Waals surface area contributed by atoms with Gasteiger partial charge in [-0.2, -0.15) is 0 Å². The first-order chi connectivity index (χ1) is 11.5. The van der Waals surface area contributed by atoms with Crippen molar-refractivity contribution in [2.75, 3.05) is 0 Å². The van der Waals surface area contributed by atoms with Crippen LogP contribution < -0.4 is 5.32 Å². The number of rotatable bonds is 5. The van der Waals surface area contributed by atoms with Crippen LogP contribution in [0.5, 0.6) is 0 Å². The van der Waals surface area contributed by atoms with Crippen molar-refractivity contribution in [3.05, 3.63) is 71.9 Å². The summed E-state index contributed by atoms with van der Waals surface area (Å²) in [7, 11) is 0. The maximum Gasteiger partial charge on any atom is 0.251 e. The van der Waals surface area contributed by atoms with Crippen molar-refractivity contribution < 1.29 is 14.0 Å². The van der Waals surface area contributed by atoms with E-state index in [0.717, 1.165) is 0 Å². The second-order valence-corrected chi connectivity index (χ2v) is 5.62. The van der Waals surface area contributed by atoms with E-state index in [-0.39, 0.29) is 30.0 Å². The van der Waals surface area contributed by atoms with Crippen molar-refractivity contribution >= 4 is 17.3 Å². The molecule has 1 N–H and O–H groups in total. The standard InChI is InChI=1S/C18H16FN3O2/c1-12(10-16(23)13-2-4-15(19)5-3-13)21-18(24)14-6-8-22-9-7-20-17(22)11-14/h2-9,11-12H,10H2,1H3,(H,21,24)/t12-/m1/s1. The van der Waals surface area contributed by atoms with Gasteiger partial charge in [-0.25, -0.2) is 9.37 Å². The largest absolute Gasteiger partial charge is 0.349 e. The van der Waals surface area contributed by atoms with E-state index < -0.39 is 0 Å². The van der Waals surface area contributed by atoms with Crippen LogP contribution in [0.15, 0.2) is 55.0 Å². The third kappa shape index (κ3) is 3.48. The molecule has 0 aliphatic heterocycles. The molecule has 1 atom stereocenters. The fourth-order valence-electron chi connectivity index (χ4n) is 2.44. The van der Waals surface area contributed by atoms with Crippen molar-refractivity contribution in [3.8, 4) is 0 Å². The molecule has 24 heavy (non-hydrogen) atoms. The molecule has 2 aromatic heterocycles. The Morgan fingerprint density at radius 2 is 1.92 bits per heavy atom. The zero-order chi connectivity index (χ0) is 17.1. The first-order valence-corrected chi connectivity index (χ1v) is 7.55. The van der Waals surface area contributed by atoms with Gasteiger partial charge in [0.25, 0.3) is 5.91 Å². The van der Waals surface area contributed by atoms with E-state index in [9.17, 15) is 14.0 Å². The Hall–Kier alpha value is -3.02. The highest BCUT2D eigenvalue weighted by Crippen LogP contribution is 2.09. The Kier molecular flexibility index (Phi) is 4.37. The van der Waals surface area contributed by atoms with Gasteiger partial charge in [-0.15, -0.1) is 0 Å². The molecular formula is C18H16FN3O2. The molecule has 0 bridgehead atoms. The number of benzene rings is 1. The third-order valence-electron chi connectivity index (χ3n) is 3.70. The summed E-state index contributed by atoms with van der Waals surface area (Å²) in [5, 5.41) is 2.79. The first-order valence-electron chi connectivity index (χ1n) is 7.55. The second-order valence-electron chi connectivity index (χ2n) is 5.62. The quantitative estimate of drug-likeness (QED) is 0.734. The highest BCUT2D eigenvalue weighted by atomic mass is 19.1. The number of amides is 1. The number of imidazole rings is 1. The summed E-state index contributed by atoms with van der Waals surface area (Å²) in [6, 6.07) is 8.41. The van der Waals surface area contributed by atoms with E-state index in [1.54, 1.807) is 42.0 Å². The van der Waals surface area contributed by atoms with E-state index >= 15 is 0 Å². The van der Waals surface area contributed by atoms with Crippen LogP contribution in [0.25, 0.3) is 5.65 Å². The molecule has 0 aliphatic carbocycles. The molecule has 5 nitrogen and oxygen atoms in total. The monoisotopic (exact) mass is 325 g/mol. The van der Waals surface area contributed by atoms with E-state index in [2.05, 4.69) is 10.3 Å². The summed E-state index contributed by atoms with van der Waals surface area (Å²) in [6.45, 7) is 1.76. The van der Waals surface area contributed by atoms with Gasteiger partial charge in [0, 0.05) is 42.2 Å². The Bertz CT molecular complexity index is 887. The minimum absolute atomic E-state index is 0.142. The fourth-order valence-corrected chi connectivity index (χ4v) is 2.44. The second kappa shape index (κ2) is 6.62. The Morgan fingerprint density at radius 1 is 1.17 bits per heavy atom. The fraction of sp³-hybridized carbons (Fsp3) is 0.167. The minimum atomic E-state index is -0.387. The summed E-state index contributed by atoms with van der Waals surface area (Å²) >= 11 is 0. The van der Waals surface area contributed by atoms with Gasteiger partial charge >= 0.3 is 0 Å². The molecule has 122 valence electrons. The number of hydrogen-bond acceptors (Lipinski definition) is 3. The summed E-state index contributed by atoms with van der Waals surface area (Å²) in [4.78, 5) is 28.5. The van der Waals surface area contributed by atoms with Crippen LogP contribution in [-0.2, 0) is 0 Å². The highest BCUT2D eigenvalue weighted by molar-refractivity contribution is 5.98. The molecule has 0 saturated heterocycles. The third-order valence-corrected chi connectivity index (χ3v) is 3.70. The minimum Gasteiger partial charge on any atom is -0.349 e. The zero-order valence-electron chi connectivity index (χ0n) is 13.1. The van der Waals surface area contributed by atoms with Gasteiger partial charge in [0.05, 0.1) is 0 Å². The smallest absolute Gasteiger partial charge is 0.251 e. The maximum absolute atomic E-state index is 12.9. The van der Waals surface area contributed by atoms with Gasteiger partial charge in [0.2, 0.25) is 0 Å². The van der Waals surface area contributed by atoms with Crippen LogP contribution in [0, 0.1) is 5.82 Å². The van der Waals surface area contributed by atoms with Crippen LogP contribution >= 0.6 is 0 Å². The predicted molar refractivity (Wildman–Crippen MR) is 87.5 cm³/mol. The predicted octanol–water partition coefficient (Wildman–Crippen LogP) is 2.86. The molecule has 6 heteroatoms. The first kappa shape index (κ1) is 15.9. The van der Waals surface area contributed by atoms with E-state index in [0.29, 0.717) is 16.8 Å². The lowest BCUT2D eigenvalue weighted by Gasteiger charge is -2.13. The van der Waals surface area contributed by atoms with Crippen molar-refractivity contribution in [2.24, 2.45) is 0 Å². The number of ketones is 1. The average molecular weight is 325 g/mol. The van der Waals surface area contributed by atoms with E-state index in [1.807, 2.05) is 0 Å². The number of carbonyl (C=O) groups excluding carboxylic acids is 2. The number of halogens is 1. The number of pyridine rings is 1. The molecule has 2 heterocycles. The topological polar surface area (TPSA) is 63.5 Å². The molecule has 0 aliphatic rings. The van der Waals surface area contributed by atoms with Crippen molar-refractivity contribution in [2.45, 2.75) is 19.4 Å². The van der Waals surface area contributed by atoms with Gasteiger partial charge in [0.1, 0.15) is 11.5 Å². The summed E-state index contributed by atoms with van der Waals surface area (Å²) in [5.41, 5.74) is 1.59. The Labute approximate surface area is 138 Å². The molecule has 3 rings (SSSR count). The van der Waals surface area contributed by atoms with Crippen LogP contribution in [0.1, 0.15) is 34.1 Å². The lowest BCUT2D eigenvalue weighted by Crippen LogP contribution is -2.34. The van der Waals surface area contributed by atoms with Crippen molar-refractivity contribution in [3.63, 3.8) is 0 Å². The molecule has 1 amide bonds. The van der Waals surface area contributed by atoms with Crippen LogP contribution in [0.4, 0.5) is 4.39 Å². The number of nitrogens with zero attached hydrogens (tertiary/aromatic N) is 2. The molecule has 3 aromatic rings. The molecule has 1 aromatic carbocycles. The highest BCUT2D eigenvalue weighted by Gasteiger charge is 2.15. The lowest BCUT2D eigenvalue weighted by molar-refractivity contribution is 0.0918. The molecule has 0 saturated carbocycles. The number of hydrogen-bond donors (Lipinski definition) is 1. The van der Waals surface area contributed by atoms with Gasteiger partial charge in [0.15, 0.2) is 5.78 Å². The van der Waals surface area contributed by atoms with E-state index in [4.69, 9.17) is 0 Å². The number of fused-ring (bicyclic) bond motifs is 1. The van der Waals surface area contributed by atoms with Gasteiger partial charge in [-0.05, 0) is 43.3 Å². The van der Waals surface area contributed by atoms with E-state index in [1.165, 1.54) is 24.3 Å². The average Bonchev–Trinajstić information content (AvgIpc) is 3.02. The number of aromatic nitrogens is 2. The zero-order valence-corrected chi connectivity index (χ0v) is 13.1. The van der Waals surface area contributed by atoms with Gasteiger partial charge in [-0.1, -0.05) is 0 Å². The Balaban J connectivity index is 1.63. The van der Waals surface area contributed by atoms with Crippen molar-refractivity contribution in [1.29, 1.82) is 0 Å². The summed E-state index contributed by atoms with van der Waals surface area (Å²) in [5.74, 6) is -0.798.